The summed E-state index contributed by atoms with van der Waals surface area (Å²) in [5.74, 6) is -3.33. The maximum atomic E-state index is 13.6. The first kappa shape index (κ1) is 34.6. The zero-order chi connectivity index (χ0) is 32.2. The van der Waals surface area contributed by atoms with Crippen LogP contribution in [0.4, 0.5) is 15.3 Å². The van der Waals surface area contributed by atoms with Crippen molar-refractivity contribution in [2.24, 2.45) is 0 Å². The minimum Gasteiger partial charge on any atom is -0.543 e. The van der Waals surface area contributed by atoms with E-state index < -0.39 is 65.8 Å². The Balaban J connectivity index is 0.00000480. The van der Waals surface area contributed by atoms with Gasteiger partial charge in [0.05, 0.1) is 25.4 Å². The summed E-state index contributed by atoms with van der Waals surface area (Å²) in [6.07, 6.45) is 0. The summed E-state index contributed by atoms with van der Waals surface area (Å²) in [6.45, 7) is 0.896. The third kappa shape index (κ3) is 7.09. The van der Waals surface area contributed by atoms with Gasteiger partial charge in [0.15, 0.2) is 0 Å². The van der Waals surface area contributed by atoms with Crippen LogP contribution in [0.3, 0.4) is 0 Å². The second kappa shape index (κ2) is 14.9. The van der Waals surface area contributed by atoms with Crippen LogP contribution in [0.5, 0.6) is 5.75 Å². The SMILES string of the molecule is COc1ccc(N2CCN(C(=O)NC(C(=O)NC3C(=O)N4C(C(=O)[O-])=C(OCOC(C)=O)CS[C@@H]34)c3ccccc3)C2=O)cc1.[Na+]. The minimum atomic E-state index is -1.68. The average molecular weight is 662 g/mol. The van der Waals surface area contributed by atoms with Gasteiger partial charge >= 0.3 is 47.6 Å². The number of benzene rings is 2. The van der Waals surface area contributed by atoms with E-state index >= 15 is 0 Å². The van der Waals surface area contributed by atoms with Crippen LogP contribution >= 0.6 is 11.8 Å². The molecule has 2 aromatic rings. The number of carbonyl (C=O) groups excluding carboxylic acids is 6. The van der Waals surface area contributed by atoms with Crippen LogP contribution in [0, 0.1) is 0 Å². The van der Waals surface area contributed by atoms with E-state index in [9.17, 15) is 33.9 Å². The third-order valence-electron chi connectivity index (χ3n) is 7.22. The van der Waals surface area contributed by atoms with E-state index in [2.05, 4.69) is 15.4 Å². The monoisotopic (exact) mass is 661 g/mol. The molecule has 0 bridgehead atoms. The predicted octanol–water partition coefficient (Wildman–Crippen LogP) is -2.71. The summed E-state index contributed by atoms with van der Waals surface area (Å²) in [7, 11) is 1.52. The van der Waals surface area contributed by atoms with Crippen molar-refractivity contribution >= 4 is 53.3 Å². The molecule has 2 unspecified atom stereocenters. The van der Waals surface area contributed by atoms with Crippen molar-refractivity contribution in [3.63, 3.8) is 0 Å². The molecule has 3 atom stereocenters. The van der Waals surface area contributed by atoms with Crippen LogP contribution < -0.4 is 54.9 Å². The number of ether oxygens (including phenoxy) is 3. The van der Waals surface area contributed by atoms with Crippen LogP contribution in [0.1, 0.15) is 18.5 Å². The number of fused-ring (bicyclic) bond motifs is 1. The fraction of sp³-hybridized carbons (Fsp3) is 0.310. The average Bonchev–Trinajstić information content (AvgIpc) is 3.43. The molecule has 17 heteroatoms. The summed E-state index contributed by atoms with van der Waals surface area (Å²) in [6, 6.07) is 11.2. The van der Waals surface area contributed by atoms with E-state index in [1.807, 2.05) is 0 Å². The summed E-state index contributed by atoms with van der Waals surface area (Å²) < 4.78 is 15.1. The van der Waals surface area contributed by atoms with Gasteiger partial charge in [0.2, 0.25) is 12.7 Å². The van der Waals surface area contributed by atoms with Gasteiger partial charge in [-0.05, 0) is 29.8 Å². The van der Waals surface area contributed by atoms with Gasteiger partial charge in [0.1, 0.15) is 34.7 Å². The largest absolute Gasteiger partial charge is 1.00 e. The van der Waals surface area contributed by atoms with E-state index in [0.717, 1.165) is 28.5 Å². The van der Waals surface area contributed by atoms with Gasteiger partial charge in [0.25, 0.3) is 5.91 Å². The van der Waals surface area contributed by atoms with Gasteiger partial charge < -0.3 is 34.7 Å². The van der Waals surface area contributed by atoms with Gasteiger partial charge in [-0.25, -0.2) is 14.5 Å². The third-order valence-corrected chi connectivity index (χ3v) is 8.47. The standard InChI is InChI=1S/C29H29N5O10S.Na/c1-16(35)43-15-44-20-14-45-26-22(25(37)34(26)23(20)27(38)39)30-24(36)21(17-6-4-3-5-7-17)31-28(40)33-13-12-32(29(33)41)18-8-10-19(42-2)11-9-18;/h3-11,21-22,26H,12-15H2,1-2H3,(H,30,36)(H,31,40)(H,38,39);/q;+1/p-1/t21?,22?,26-;/m0./s1. The topological polar surface area (TPSA) is 187 Å². The van der Waals surface area contributed by atoms with Crippen molar-refractivity contribution in [1.82, 2.24) is 20.4 Å². The number of rotatable bonds is 10. The Hall–Kier alpha value is -4.25. The first-order chi connectivity index (χ1) is 21.6. The van der Waals surface area contributed by atoms with Crippen LogP contribution in [-0.2, 0) is 28.7 Å². The zero-order valence-electron chi connectivity index (χ0n) is 25.1. The molecule has 236 valence electrons. The molecule has 6 amide bonds. The second-order valence-corrected chi connectivity index (χ2v) is 11.0. The molecule has 2 saturated heterocycles. The van der Waals surface area contributed by atoms with Crippen molar-refractivity contribution in [1.29, 1.82) is 0 Å². The smallest absolute Gasteiger partial charge is 0.543 e. The van der Waals surface area contributed by atoms with E-state index in [0.29, 0.717) is 17.0 Å². The number of carbonyl (C=O) groups is 6. The van der Waals surface area contributed by atoms with Gasteiger partial charge in [0, 0.05) is 19.2 Å². The number of methoxy groups -OCH3 is 1. The minimum absolute atomic E-state index is 0. The summed E-state index contributed by atoms with van der Waals surface area (Å²) >= 11 is 1.12. The Morgan fingerprint density at radius 3 is 2.37 bits per heavy atom. The molecule has 2 aromatic carbocycles. The molecule has 3 aliphatic rings. The Kier molecular flexibility index (Phi) is 11.2. The Labute approximate surface area is 289 Å². The van der Waals surface area contributed by atoms with Crippen LogP contribution in [-0.4, -0.2) is 89.8 Å². The zero-order valence-corrected chi connectivity index (χ0v) is 27.9. The van der Waals surface area contributed by atoms with Gasteiger partial charge in [-0.15, -0.1) is 11.8 Å². The number of anilines is 1. The molecule has 0 saturated carbocycles. The summed E-state index contributed by atoms with van der Waals surface area (Å²) in [5.41, 5.74) is 0.429. The number of β-lactam (4-membered cyclic amide) rings is 1. The molecule has 0 aliphatic carbocycles. The van der Waals surface area contributed by atoms with Crippen LogP contribution in [0.25, 0.3) is 0 Å². The first-order valence-corrected chi connectivity index (χ1v) is 14.7. The summed E-state index contributed by atoms with van der Waals surface area (Å²) in [4.78, 5) is 79.4. The predicted molar refractivity (Wildman–Crippen MR) is 155 cm³/mol. The number of nitrogens with zero attached hydrogens (tertiary/aromatic N) is 3. The molecular weight excluding hydrogens is 633 g/mol. The van der Waals surface area contributed by atoms with Crippen molar-refractivity contribution in [3.8, 4) is 5.75 Å². The Bertz CT molecular complexity index is 1560. The van der Waals surface area contributed by atoms with Gasteiger partial charge in [-0.1, -0.05) is 30.3 Å². The fourth-order valence-electron chi connectivity index (χ4n) is 4.99. The number of aliphatic carboxylic acids is 1. The first-order valence-electron chi connectivity index (χ1n) is 13.6. The van der Waals surface area contributed by atoms with E-state index in [-0.39, 0.29) is 54.2 Å². The number of carboxylic acids is 1. The van der Waals surface area contributed by atoms with Gasteiger partial charge in [-0.2, -0.15) is 0 Å². The van der Waals surface area contributed by atoms with Crippen LogP contribution in [0.2, 0.25) is 0 Å². The van der Waals surface area contributed by atoms with Crippen molar-refractivity contribution < 1.29 is 77.6 Å². The molecule has 3 heterocycles. The Morgan fingerprint density at radius 2 is 1.74 bits per heavy atom. The van der Waals surface area contributed by atoms with Crippen molar-refractivity contribution in [3.05, 3.63) is 71.6 Å². The molecule has 3 aliphatic heterocycles. The quantitative estimate of drug-likeness (QED) is 0.117. The molecule has 0 aromatic heterocycles. The van der Waals surface area contributed by atoms with Gasteiger partial charge in [-0.3, -0.25) is 24.2 Å². The number of imide groups is 1. The molecule has 0 radical (unpaired) electrons. The van der Waals surface area contributed by atoms with Crippen molar-refractivity contribution in [2.75, 3.05) is 37.6 Å². The maximum absolute atomic E-state index is 13.6. The number of hydrogen-bond donors (Lipinski definition) is 2. The molecule has 2 N–H and O–H groups in total. The number of urea groups is 2. The number of amides is 6. The number of carboxylic acid groups (broad SMARTS) is 1. The molecule has 46 heavy (non-hydrogen) atoms. The number of esters is 1. The molecule has 0 spiro atoms. The fourth-order valence-corrected chi connectivity index (χ4v) is 6.26. The molecule has 2 fully saturated rings. The number of thioether (sulfide) groups is 1. The maximum Gasteiger partial charge on any atom is 1.00 e. The van der Waals surface area contributed by atoms with E-state index in [1.165, 1.54) is 12.0 Å². The van der Waals surface area contributed by atoms with E-state index in [4.69, 9.17) is 9.47 Å². The molecule has 5 rings (SSSR count). The van der Waals surface area contributed by atoms with Crippen LogP contribution in [0.15, 0.2) is 66.1 Å². The normalized spacial score (nSPS) is 19.3. The number of hydrogen-bond acceptors (Lipinski definition) is 11. The molecule has 15 nitrogen and oxygen atoms in total. The number of nitrogens with one attached hydrogen (secondary N) is 2. The summed E-state index contributed by atoms with van der Waals surface area (Å²) in [5, 5.41) is 16.3. The molecular formula is C29H28N5NaO10S. The van der Waals surface area contributed by atoms with E-state index in [1.54, 1.807) is 54.6 Å². The Morgan fingerprint density at radius 1 is 1.04 bits per heavy atom. The van der Waals surface area contributed by atoms with Crippen molar-refractivity contribution in [2.45, 2.75) is 24.4 Å². The second-order valence-electron chi connectivity index (χ2n) is 9.93.